The molecule has 0 fully saturated rings. The van der Waals surface area contributed by atoms with E-state index >= 15 is 0 Å². The summed E-state index contributed by atoms with van der Waals surface area (Å²) in [5, 5.41) is 5.32. The Morgan fingerprint density at radius 2 is 1.94 bits per heavy atom. The number of halogens is 3. The molecule has 0 bridgehead atoms. The number of nitrogens with one attached hydrogen (secondary N) is 2. The third kappa shape index (κ3) is 5.83. The fraction of sp³-hybridized carbons (Fsp3) is 0.476. The summed E-state index contributed by atoms with van der Waals surface area (Å²) in [7, 11) is -4.15. The van der Waals surface area contributed by atoms with Gasteiger partial charge >= 0.3 is 12.3 Å². The first kappa shape index (κ1) is 27.5. The number of rotatable bonds is 6. The summed E-state index contributed by atoms with van der Waals surface area (Å²) in [6, 6.07) is 3.95. The molecule has 3 rings (SSSR count). The van der Waals surface area contributed by atoms with Crippen molar-refractivity contribution in [2.75, 3.05) is 22.7 Å². The van der Waals surface area contributed by atoms with Gasteiger partial charge in [-0.15, -0.1) is 11.3 Å². The number of nitrogens with zero attached hydrogens (tertiary/aromatic N) is 2. The number of thiazole rings is 1. The summed E-state index contributed by atoms with van der Waals surface area (Å²) >= 11 is 0.985. The Morgan fingerprint density at radius 3 is 2.50 bits per heavy atom. The topological polar surface area (TPSA) is 127 Å². The molecule has 0 saturated heterocycles. The Balaban J connectivity index is 1.96. The Morgan fingerprint density at radius 1 is 1.28 bits per heavy atom. The van der Waals surface area contributed by atoms with Gasteiger partial charge in [0.05, 0.1) is 29.5 Å². The molecule has 1 aliphatic rings. The van der Waals surface area contributed by atoms with Crippen molar-refractivity contribution in [2.45, 2.75) is 56.7 Å². The fourth-order valence-electron chi connectivity index (χ4n) is 3.27. The number of alkyl halides is 3. The lowest BCUT2D eigenvalue weighted by molar-refractivity contribution is -0.242. The number of aryl methyl sites for hydroxylation is 2. The van der Waals surface area contributed by atoms with Crippen LogP contribution < -0.4 is 19.7 Å². The van der Waals surface area contributed by atoms with Gasteiger partial charge in [0.1, 0.15) is 11.9 Å². The van der Waals surface area contributed by atoms with Crippen LogP contribution in [0.1, 0.15) is 31.5 Å². The SMILES string of the molecule is CC(=O)NCC1CN(S(=O)(=O)c2sc(C)nc2C)c2cc(NC(=O)OC(C)(C)C(F)(F)F)ccc2O1. The molecule has 2 aromatic rings. The van der Waals surface area contributed by atoms with Gasteiger partial charge in [-0.2, -0.15) is 13.2 Å². The van der Waals surface area contributed by atoms with E-state index in [0.29, 0.717) is 24.5 Å². The van der Waals surface area contributed by atoms with E-state index < -0.39 is 34.0 Å². The first-order chi connectivity index (χ1) is 16.5. The lowest BCUT2D eigenvalue weighted by Gasteiger charge is -2.35. The first-order valence-electron chi connectivity index (χ1n) is 10.6. The van der Waals surface area contributed by atoms with Crippen LogP contribution in [-0.4, -0.2) is 56.4 Å². The molecule has 1 aromatic heterocycles. The third-order valence-electron chi connectivity index (χ3n) is 5.13. The smallest absolute Gasteiger partial charge is 0.427 e. The van der Waals surface area contributed by atoms with Crippen LogP contribution >= 0.6 is 11.3 Å². The molecule has 0 radical (unpaired) electrons. The zero-order valence-corrected chi connectivity index (χ0v) is 21.7. The second kappa shape index (κ2) is 9.76. The number of ether oxygens (including phenoxy) is 2. The predicted octanol–water partition coefficient (Wildman–Crippen LogP) is 3.74. The van der Waals surface area contributed by atoms with Crippen molar-refractivity contribution in [3.05, 3.63) is 28.9 Å². The van der Waals surface area contributed by atoms with Gasteiger partial charge < -0.3 is 14.8 Å². The largest absolute Gasteiger partial charge is 0.484 e. The van der Waals surface area contributed by atoms with E-state index in [4.69, 9.17) is 4.74 Å². The molecule has 0 aliphatic carbocycles. The summed E-state index contributed by atoms with van der Waals surface area (Å²) in [6.45, 7) is 5.79. The van der Waals surface area contributed by atoms with Crippen LogP contribution in [0.2, 0.25) is 0 Å². The highest BCUT2D eigenvalue weighted by Gasteiger charge is 2.51. The third-order valence-corrected chi connectivity index (χ3v) is 8.57. The molecular weight excluding hydrogens is 525 g/mol. The number of amides is 2. The highest BCUT2D eigenvalue weighted by molar-refractivity contribution is 7.94. The second-order valence-corrected chi connectivity index (χ2v) is 11.8. The minimum atomic E-state index is -4.80. The molecule has 198 valence electrons. The summed E-state index contributed by atoms with van der Waals surface area (Å²) in [6.07, 6.45) is -6.91. The summed E-state index contributed by atoms with van der Waals surface area (Å²) in [5.41, 5.74) is -2.41. The number of benzene rings is 1. The Hall–Kier alpha value is -3.07. The standard InChI is InChI=1S/C21H25F3N4O6S2/c1-11-18(35-13(3)26-11)36(31,32)28-10-15(9-25-12(2)29)33-17-7-6-14(8-16(17)28)27-19(30)34-20(4,5)21(22,23)24/h6-8,15H,9-10H2,1-5H3,(H,25,29)(H,27,30). The van der Waals surface area contributed by atoms with Gasteiger partial charge in [-0.05, 0) is 45.9 Å². The van der Waals surface area contributed by atoms with Crippen LogP contribution in [0.15, 0.2) is 22.4 Å². The number of hydrogen-bond acceptors (Lipinski definition) is 8. The van der Waals surface area contributed by atoms with Gasteiger partial charge in [-0.1, -0.05) is 0 Å². The van der Waals surface area contributed by atoms with Crippen molar-refractivity contribution >= 4 is 44.7 Å². The summed E-state index contributed by atoms with van der Waals surface area (Å²) < 4.78 is 77.8. The molecule has 15 heteroatoms. The van der Waals surface area contributed by atoms with E-state index in [2.05, 4.69) is 20.4 Å². The number of anilines is 2. The fourth-order valence-corrected chi connectivity index (χ4v) is 6.35. The second-order valence-electron chi connectivity index (χ2n) is 8.52. The molecule has 10 nitrogen and oxygen atoms in total. The molecule has 0 spiro atoms. The van der Waals surface area contributed by atoms with Crippen molar-refractivity contribution in [3.8, 4) is 5.75 Å². The maximum Gasteiger partial charge on any atom is 0.427 e. The van der Waals surface area contributed by atoms with Gasteiger partial charge in [0.25, 0.3) is 10.0 Å². The number of fused-ring (bicyclic) bond motifs is 1. The van der Waals surface area contributed by atoms with Gasteiger partial charge in [0, 0.05) is 12.6 Å². The Kier molecular flexibility index (Phi) is 7.46. The molecule has 1 aliphatic heterocycles. The maximum atomic E-state index is 13.6. The molecule has 36 heavy (non-hydrogen) atoms. The van der Waals surface area contributed by atoms with Crippen LogP contribution in [0.4, 0.5) is 29.3 Å². The average Bonchev–Trinajstić information content (AvgIpc) is 3.09. The predicted molar refractivity (Wildman–Crippen MR) is 126 cm³/mol. The van der Waals surface area contributed by atoms with E-state index in [-0.39, 0.29) is 40.3 Å². The molecular formula is C21H25F3N4O6S2. The highest BCUT2D eigenvalue weighted by Crippen LogP contribution is 2.40. The maximum absolute atomic E-state index is 13.6. The van der Waals surface area contributed by atoms with Crippen molar-refractivity contribution < 1.29 is 40.7 Å². The van der Waals surface area contributed by atoms with Crippen molar-refractivity contribution in [2.24, 2.45) is 0 Å². The Labute approximate surface area is 209 Å². The van der Waals surface area contributed by atoms with Crippen LogP contribution in [0.5, 0.6) is 5.75 Å². The van der Waals surface area contributed by atoms with Crippen molar-refractivity contribution in [3.63, 3.8) is 0 Å². The van der Waals surface area contributed by atoms with Crippen LogP contribution in [-0.2, 0) is 19.6 Å². The zero-order chi connectivity index (χ0) is 27.1. The molecule has 2 amide bonds. The quantitative estimate of drug-likeness (QED) is 0.561. The number of aromatic nitrogens is 1. The van der Waals surface area contributed by atoms with E-state index in [0.717, 1.165) is 15.6 Å². The normalized spacial score (nSPS) is 16.1. The van der Waals surface area contributed by atoms with Gasteiger partial charge in [0.15, 0.2) is 4.21 Å². The van der Waals surface area contributed by atoms with Gasteiger partial charge in [-0.3, -0.25) is 14.4 Å². The lowest BCUT2D eigenvalue weighted by atomic mass is 10.1. The molecule has 1 aromatic carbocycles. The van der Waals surface area contributed by atoms with E-state index in [1.54, 1.807) is 13.8 Å². The monoisotopic (exact) mass is 550 g/mol. The average molecular weight is 551 g/mol. The van der Waals surface area contributed by atoms with Gasteiger partial charge in [0.2, 0.25) is 11.5 Å². The van der Waals surface area contributed by atoms with Crippen LogP contribution in [0.3, 0.4) is 0 Å². The summed E-state index contributed by atoms with van der Waals surface area (Å²) in [4.78, 5) is 27.7. The molecule has 0 saturated carbocycles. The number of carbonyl (C=O) groups excluding carboxylic acids is 2. The minimum absolute atomic E-state index is 0.0100. The first-order valence-corrected chi connectivity index (χ1v) is 12.9. The van der Waals surface area contributed by atoms with Crippen molar-refractivity contribution in [1.82, 2.24) is 10.3 Å². The number of carbonyl (C=O) groups is 2. The molecule has 1 atom stereocenters. The van der Waals surface area contributed by atoms with Crippen molar-refractivity contribution in [1.29, 1.82) is 0 Å². The molecule has 2 N–H and O–H groups in total. The zero-order valence-electron chi connectivity index (χ0n) is 20.0. The summed E-state index contributed by atoms with van der Waals surface area (Å²) in [5.74, 6) is -0.193. The van der Waals surface area contributed by atoms with Gasteiger partial charge in [-0.25, -0.2) is 18.2 Å². The Bertz CT molecular complexity index is 1280. The number of sulfonamides is 1. The lowest BCUT2D eigenvalue weighted by Crippen LogP contribution is -2.48. The van der Waals surface area contributed by atoms with Crippen LogP contribution in [0, 0.1) is 13.8 Å². The minimum Gasteiger partial charge on any atom is -0.484 e. The number of hydrogen-bond donors (Lipinski definition) is 2. The molecule has 1 unspecified atom stereocenters. The van der Waals surface area contributed by atoms with E-state index in [9.17, 15) is 31.2 Å². The molecule has 2 heterocycles. The van der Waals surface area contributed by atoms with Crippen LogP contribution in [0.25, 0.3) is 0 Å². The highest BCUT2D eigenvalue weighted by atomic mass is 32.2. The van der Waals surface area contributed by atoms with E-state index in [1.165, 1.54) is 25.1 Å². The van der Waals surface area contributed by atoms with E-state index in [1.807, 2.05) is 0 Å².